The normalized spacial score (nSPS) is 21.3. The van der Waals surface area contributed by atoms with Gasteiger partial charge in [0.2, 0.25) is 0 Å². The van der Waals surface area contributed by atoms with Gasteiger partial charge in [-0.25, -0.2) is 55.5 Å². The minimum absolute atomic E-state index is 0.0407. The van der Waals surface area contributed by atoms with Crippen molar-refractivity contribution in [1.29, 1.82) is 0 Å². The Labute approximate surface area is 464 Å². The van der Waals surface area contributed by atoms with Gasteiger partial charge in [-0.3, -0.25) is 19.8 Å². The zero-order valence-electron chi connectivity index (χ0n) is 41.7. The summed E-state index contributed by atoms with van der Waals surface area (Å²) in [6, 6.07) is 5.82. The Kier molecular flexibility index (Phi) is 20.6. The van der Waals surface area contributed by atoms with Gasteiger partial charge in [-0.05, 0) is 69.6 Å². The summed E-state index contributed by atoms with van der Waals surface area (Å²) in [4.78, 5) is 68.7. The number of piperidine rings is 2. The lowest BCUT2D eigenvalue weighted by Crippen LogP contribution is -2.51. The number of benzene rings is 2. The molecule has 18 nitrogen and oxygen atoms in total. The number of thiazole rings is 2. The second kappa shape index (κ2) is 26.9. The number of nitrogens with zero attached hydrogens (tertiary/aromatic N) is 6. The van der Waals surface area contributed by atoms with E-state index in [-0.39, 0.29) is 87.3 Å². The van der Waals surface area contributed by atoms with E-state index < -0.39 is 97.6 Å². The highest BCUT2D eigenvalue weighted by atomic mass is 79.9. The van der Waals surface area contributed by atoms with Crippen molar-refractivity contribution in [2.75, 3.05) is 78.9 Å². The zero-order chi connectivity index (χ0) is 56.3. The van der Waals surface area contributed by atoms with Gasteiger partial charge < -0.3 is 39.8 Å². The van der Waals surface area contributed by atoms with Crippen LogP contribution in [0.15, 0.2) is 96.5 Å². The fraction of sp³-hybridized carbons (Fsp3) is 0.440. The molecule has 420 valence electrons. The molecule has 28 heteroatoms. The number of alkyl halides is 4. The summed E-state index contributed by atoms with van der Waals surface area (Å²) < 4.78 is 109. The number of halogens is 8. The zero-order valence-corrected chi connectivity index (χ0v) is 45.6. The molecule has 0 bridgehead atoms. The largest absolute Gasteiger partial charge is 0.480 e. The number of ether oxygens (including phenoxy) is 4. The SMILES string of the molecule is CCOC(=O)C1=C(CN2CCC(COCC(=O)O)C(F)(F)C2)NC(c2nccs2)=NC1c1ccc(F)cc1Br.CCOC(=O)C1=C(CN2CCC(COCC(=O)O)C(F)(F)C2)NC(c2nccs2)=NC1c1ccc(F)cc1Cl. The molecule has 2 fully saturated rings. The van der Waals surface area contributed by atoms with Gasteiger partial charge >= 0.3 is 23.9 Å². The maximum atomic E-state index is 15.0. The molecule has 4 atom stereocenters. The summed E-state index contributed by atoms with van der Waals surface area (Å²) in [5.41, 5.74) is 1.64. The fourth-order valence-corrected chi connectivity index (χ4v) is 11.0. The predicted molar refractivity (Wildman–Crippen MR) is 278 cm³/mol. The molecule has 0 saturated carbocycles. The van der Waals surface area contributed by atoms with Crippen LogP contribution in [-0.4, -0.2) is 156 Å². The van der Waals surface area contributed by atoms with E-state index in [1.807, 2.05) is 0 Å². The van der Waals surface area contributed by atoms with Gasteiger partial charge in [0, 0.05) is 74.5 Å². The number of hydrogen-bond acceptors (Lipinski definition) is 18. The van der Waals surface area contributed by atoms with Crippen LogP contribution >= 0.6 is 50.2 Å². The molecule has 4 unspecified atom stereocenters. The van der Waals surface area contributed by atoms with Gasteiger partial charge in [0.1, 0.15) is 36.9 Å². The third kappa shape index (κ3) is 15.3. The molecular weight excluding hydrogens is 1170 g/mol. The average Bonchev–Trinajstić information content (AvgIpc) is 4.19. The Morgan fingerprint density at radius 2 is 1.15 bits per heavy atom. The van der Waals surface area contributed by atoms with Crippen LogP contribution in [0.4, 0.5) is 26.3 Å². The summed E-state index contributed by atoms with van der Waals surface area (Å²) >= 11 is 12.3. The van der Waals surface area contributed by atoms with E-state index in [2.05, 4.69) is 41.5 Å². The Bertz CT molecular complexity index is 2740. The number of carboxylic acids is 2. The number of aliphatic imine (C=N–C) groups is 2. The molecular formula is C50H52BrClF6N8O10S2. The number of aliphatic carboxylic acids is 2. The van der Waals surface area contributed by atoms with Crippen molar-refractivity contribution in [2.24, 2.45) is 21.8 Å². The first kappa shape index (κ1) is 59.8. The summed E-state index contributed by atoms with van der Waals surface area (Å²) in [5, 5.41) is 28.2. The first-order valence-electron chi connectivity index (χ1n) is 24.2. The molecule has 2 saturated heterocycles. The molecule has 2 aromatic heterocycles. The highest BCUT2D eigenvalue weighted by Gasteiger charge is 2.47. The van der Waals surface area contributed by atoms with E-state index in [4.69, 9.17) is 45.8 Å². The Balaban J connectivity index is 0.000000226. The van der Waals surface area contributed by atoms with E-state index in [9.17, 15) is 28.0 Å². The maximum absolute atomic E-state index is 15.0. The van der Waals surface area contributed by atoms with Crippen LogP contribution in [-0.2, 0) is 38.1 Å². The van der Waals surface area contributed by atoms with Crippen LogP contribution in [0.5, 0.6) is 0 Å². The summed E-state index contributed by atoms with van der Waals surface area (Å²) in [6.45, 7) is 0.489. The summed E-state index contributed by atoms with van der Waals surface area (Å²) in [7, 11) is 0. The number of amidine groups is 2. The third-order valence-electron chi connectivity index (χ3n) is 12.5. The Morgan fingerprint density at radius 1 is 0.718 bits per heavy atom. The van der Waals surface area contributed by atoms with Crippen molar-refractivity contribution in [1.82, 2.24) is 30.4 Å². The maximum Gasteiger partial charge on any atom is 0.338 e. The quantitative estimate of drug-likeness (QED) is 0.0487. The summed E-state index contributed by atoms with van der Waals surface area (Å²) in [6.07, 6.45) is 3.28. The first-order valence-corrected chi connectivity index (χ1v) is 27.1. The van der Waals surface area contributed by atoms with Crippen molar-refractivity contribution < 1.29 is 74.7 Å². The van der Waals surface area contributed by atoms with Crippen molar-refractivity contribution in [3.8, 4) is 0 Å². The standard InChI is InChI=1S/C25H26BrF3N4O5S.C25H26ClF3N4O5S/c2*1-2-38-24(36)20-18(10-33-7-5-14(25(28,29)13-33)11-37-12-19(34)35)31-22(23-30-6-8-39-23)32-21(20)16-4-3-15(27)9-17(16)26/h2*3-4,6,8-9,14,21H,2,5,7,10-13H2,1H3,(H,31,32)(H,34,35). The topological polar surface area (TPSA) is 227 Å². The van der Waals surface area contributed by atoms with Crippen LogP contribution in [0.3, 0.4) is 0 Å². The van der Waals surface area contributed by atoms with Crippen molar-refractivity contribution in [3.05, 3.63) is 124 Å². The van der Waals surface area contributed by atoms with E-state index in [1.54, 1.807) is 37.0 Å². The monoisotopic (exact) mass is 1220 g/mol. The van der Waals surface area contributed by atoms with Gasteiger partial charge in [-0.1, -0.05) is 39.7 Å². The van der Waals surface area contributed by atoms with Crippen LogP contribution in [0, 0.1) is 23.5 Å². The molecule has 6 heterocycles. The number of likely N-dealkylation sites (tertiary alicyclic amines) is 2. The molecule has 4 aliphatic rings. The van der Waals surface area contributed by atoms with Crippen LogP contribution in [0.1, 0.15) is 59.9 Å². The molecule has 4 aliphatic heterocycles. The minimum atomic E-state index is -3.16. The molecule has 0 radical (unpaired) electrons. The second-order valence-corrected chi connectivity index (χ2v) is 21.0. The Morgan fingerprint density at radius 3 is 1.54 bits per heavy atom. The number of hydrogen-bond donors (Lipinski definition) is 4. The third-order valence-corrected chi connectivity index (χ3v) is 15.1. The highest BCUT2D eigenvalue weighted by molar-refractivity contribution is 9.10. The average molecular weight is 1220 g/mol. The van der Waals surface area contributed by atoms with E-state index >= 15 is 17.6 Å². The molecule has 4 N–H and O–H groups in total. The molecule has 0 spiro atoms. The molecule has 8 rings (SSSR count). The van der Waals surface area contributed by atoms with Crippen molar-refractivity contribution in [2.45, 2.75) is 50.6 Å². The van der Waals surface area contributed by atoms with Crippen LogP contribution in [0.2, 0.25) is 5.02 Å². The number of carboxylic acid groups (broad SMARTS) is 2. The first-order chi connectivity index (χ1) is 37.2. The number of carbonyl (C=O) groups excluding carboxylic acids is 2. The number of aromatic nitrogens is 2. The van der Waals surface area contributed by atoms with Gasteiger partial charge in [0.05, 0.1) is 50.7 Å². The summed E-state index contributed by atoms with van der Waals surface area (Å²) in [5.74, 6) is -12.8. The predicted octanol–water partition coefficient (Wildman–Crippen LogP) is 7.91. The lowest BCUT2D eigenvalue weighted by Gasteiger charge is -2.39. The molecule has 0 aliphatic carbocycles. The molecule has 2 aromatic carbocycles. The van der Waals surface area contributed by atoms with Gasteiger partial charge in [-0.15, -0.1) is 22.7 Å². The molecule has 0 amide bonds. The molecule has 78 heavy (non-hydrogen) atoms. The molecule has 4 aromatic rings. The van der Waals surface area contributed by atoms with Gasteiger partial charge in [-0.2, -0.15) is 0 Å². The Hall–Kier alpha value is -5.81. The van der Waals surface area contributed by atoms with E-state index in [0.29, 0.717) is 43.0 Å². The van der Waals surface area contributed by atoms with E-state index in [1.165, 1.54) is 62.8 Å². The van der Waals surface area contributed by atoms with Crippen molar-refractivity contribution in [3.63, 3.8) is 0 Å². The number of rotatable bonds is 20. The minimum Gasteiger partial charge on any atom is -0.480 e. The van der Waals surface area contributed by atoms with E-state index in [0.717, 1.165) is 6.07 Å². The number of esters is 2. The smallest absolute Gasteiger partial charge is 0.338 e. The van der Waals surface area contributed by atoms with Crippen LogP contribution < -0.4 is 10.6 Å². The lowest BCUT2D eigenvalue weighted by molar-refractivity contribution is -0.151. The van der Waals surface area contributed by atoms with Crippen LogP contribution in [0.25, 0.3) is 0 Å². The second-order valence-electron chi connectivity index (χ2n) is 18.0. The highest BCUT2D eigenvalue weighted by Crippen LogP contribution is 2.41. The number of nitrogens with one attached hydrogen (secondary N) is 2. The fourth-order valence-electron chi connectivity index (χ4n) is 8.95. The number of carbonyl (C=O) groups is 4. The lowest BCUT2D eigenvalue weighted by atomic mass is 9.92. The van der Waals surface area contributed by atoms with Crippen molar-refractivity contribution >= 4 is 85.8 Å². The van der Waals surface area contributed by atoms with Gasteiger partial charge in [0.25, 0.3) is 11.8 Å². The van der Waals surface area contributed by atoms with Gasteiger partial charge in [0.15, 0.2) is 21.7 Å².